The standard InChI is InChI=1S/C28H34N2O7S2/c1-35-24-10-7-22(8-11-24)20-30(21-23-9-16-27(36-2)28(19-23)37-3)39(33,34)26-14-12-25(13-15-26)38(31,32)29-17-5-4-6-18-29/h7-16,19H,4-6,17-18,20-21H2,1-3H3. The minimum absolute atomic E-state index is 0.00841. The van der Waals surface area contributed by atoms with Gasteiger partial charge in [-0.05, 0) is 72.5 Å². The largest absolute Gasteiger partial charge is 0.497 e. The van der Waals surface area contributed by atoms with Crippen LogP contribution in [0.4, 0.5) is 0 Å². The Morgan fingerprint density at radius 3 is 1.82 bits per heavy atom. The summed E-state index contributed by atoms with van der Waals surface area (Å²) in [6.45, 7) is 1.10. The van der Waals surface area contributed by atoms with Crippen molar-refractivity contribution in [2.24, 2.45) is 0 Å². The first-order valence-electron chi connectivity index (χ1n) is 12.6. The molecule has 0 radical (unpaired) electrons. The maximum Gasteiger partial charge on any atom is 0.243 e. The van der Waals surface area contributed by atoms with Crippen LogP contribution in [0.1, 0.15) is 30.4 Å². The molecule has 0 aliphatic carbocycles. The third-order valence-electron chi connectivity index (χ3n) is 6.74. The van der Waals surface area contributed by atoms with E-state index in [4.69, 9.17) is 14.2 Å². The number of methoxy groups -OCH3 is 3. The van der Waals surface area contributed by atoms with Gasteiger partial charge in [-0.3, -0.25) is 0 Å². The van der Waals surface area contributed by atoms with Crippen molar-refractivity contribution in [2.45, 2.75) is 42.1 Å². The van der Waals surface area contributed by atoms with E-state index in [0.29, 0.717) is 35.9 Å². The molecule has 3 aromatic rings. The minimum atomic E-state index is -4.01. The molecule has 0 saturated carbocycles. The van der Waals surface area contributed by atoms with E-state index in [0.717, 1.165) is 24.8 Å². The molecular formula is C28H34N2O7S2. The Kier molecular flexibility index (Phi) is 9.16. The molecule has 1 aliphatic heterocycles. The van der Waals surface area contributed by atoms with Crippen molar-refractivity contribution in [1.29, 1.82) is 0 Å². The van der Waals surface area contributed by atoms with E-state index in [1.807, 2.05) is 12.1 Å². The van der Waals surface area contributed by atoms with Crippen LogP contribution in [0.5, 0.6) is 17.2 Å². The normalized spacial score (nSPS) is 14.8. The first-order chi connectivity index (χ1) is 18.7. The lowest BCUT2D eigenvalue weighted by Crippen LogP contribution is -2.35. The van der Waals surface area contributed by atoms with Gasteiger partial charge in [-0.1, -0.05) is 24.6 Å². The van der Waals surface area contributed by atoms with Gasteiger partial charge in [-0.25, -0.2) is 16.8 Å². The lowest BCUT2D eigenvalue weighted by Gasteiger charge is -2.26. The van der Waals surface area contributed by atoms with Gasteiger partial charge in [0.25, 0.3) is 0 Å². The summed E-state index contributed by atoms with van der Waals surface area (Å²) < 4.78 is 72.7. The van der Waals surface area contributed by atoms with Crippen molar-refractivity contribution >= 4 is 20.0 Å². The third-order valence-corrected chi connectivity index (χ3v) is 10.5. The predicted molar refractivity (Wildman–Crippen MR) is 148 cm³/mol. The van der Waals surface area contributed by atoms with Crippen molar-refractivity contribution < 1.29 is 31.0 Å². The van der Waals surface area contributed by atoms with Gasteiger partial charge in [0, 0.05) is 26.2 Å². The van der Waals surface area contributed by atoms with Crippen LogP contribution in [0.2, 0.25) is 0 Å². The SMILES string of the molecule is COc1ccc(CN(Cc2ccc(OC)c(OC)c2)S(=O)(=O)c2ccc(S(=O)(=O)N3CCCCC3)cc2)cc1. The number of ether oxygens (including phenoxy) is 3. The van der Waals surface area contributed by atoms with Crippen molar-refractivity contribution in [3.05, 3.63) is 77.9 Å². The molecule has 0 unspecified atom stereocenters. The Bertz CT molecular complexity index is 1470. The Morgan fingerprint density at radius 2 is 1.23 bits per heavy atom. The van der Waals surface area contributed by atoms with Gasteiger partial charge in [0.15, 0.2) is 11.5 Å². The highest BCUT2D eigenvalue weighted by molar-refractivity contribution is 7.89. The number of benzene rings is 3. The second-order valence-electron chi connectivity index (χ2n) is 9.25. The molecule has 1 saturated heterocycles. The fourth-order valence-electron chi connectivity index (χ4n) is 4.53. The van der Waals surface area contributed by atoms with Crippen LogP contribution < -0.4 is 14.2 Å². The highest BCUT2D eigenvalue weighted by Crippen LogP contribution is 2.30. The summed E-state index contributed by atoms with van der Waals surface area (Å²) in [5.41, 5.74) is 1.47. The monoisotopic (exact) mass is 574 g/mol. The van der Waals surface area contributed by atoms with Gasteiger partial charge in [-0.2, -0.15) is 8.61 Å². The zero-order valence-electron chi connectivity index (χ0n) is 22.4. The van der Waals surface area contributed by atoms with Crippen molar-refractivity contribution in [3.8, 4) is 17.2 Å². The molecule has 1 fully saturated rings. The molecule has 1 heterocycles. The fourth-order valence-corrected chi connectivity index (χ4v) is 7.46. The molecule has 3 aromatic carbocycles. The molecular weight excluding hydrogens is 540 g/mol. The van der Waals surface area contributed by atoms with Gasteiger partial charge >= 0.3 is 0 Å². The first-order valence-corrected chi connectivity index (χ1v) is 15.5. The number of sulfonamides is 2. The Labute approximate surface area is 231 Å². The molecule has 0 N–H and O–H groups in total. The van der Waals surface area contributed by atoms with E-state index in [9.17, 15) is 16.8 Å². The molecule has 1 aliphatic rings. The summed E-state index contributed by atoms with van der Waals surface area (Å²) in [6.07, 6.45) is 2.65. The number of rotatable bonds is 11. The van der Waals surface area contributed by atoms with Gasteiger partial charge < -0.3 is 14.2 Å². The number of piperidine rings is 1. The van der Waals surface area contributed by atoms with Crippen molar-refractivity contribution in [3.63, 3.8) is 0 Å². The lowest BCUT2D eigenvalue weighted by atomic mass is 10.2. The third kappa shape index (κ3) is 6.55. The molecule has 0 amide bonds. The Hall–Kier alpha value is -3.12. The van der Waals surface area contributed by atoms with E-state index in [-0.39, 0.29) is 22.9 Å². The number of hydrogen-bond acceptors (Lipinski definition) is 7. The van der Waals surface area contributed by atoms with E-state index in [1.54, 1.807) is 37.4 Å². The highest BCUT2D eigenvalue weighted by atomic mass is 32.2. The topological polar surface area (TPSA) is 102 Å². The van der Waals surface area contributed by atoms with E-state index >= 15 is 0 Å². The van der Waals surface area contributed by atoms with Crippen LogP contribution >= 0.6 is 0 Å². The molecule has 11 heteroatoms. The van der Waals surface area contributed by atoms with Gasteiger partial charge in [0.05, 0.1) is 31.1 Å². The van der Waals surface area contributed by atoms with Crippen molar-refractivity contribution in [2.75, 3.05) is 34.4 Å². The molecule has 9 nitrogen and oxygen atoms in total. The summed E-state index contributed by atoms with van der Waals surface area (Å²) in [5.74, 6) is 1.69. The second-order valence-corrected chi connectivity index (χ2v) is 13.1. The maximum absolute atomic E-state index is 13.9. The van der Waals surface area contributed by atoms with Gasteiger partial charge in [-0.15, -0.1) is 0 Å². The molecule has 210 valence electrons. The number of hydrogen-bond donors (Lipinski definition) is 0. The second kappa shape index (κ2) is 12.4. The average Bonchev–Trinajstić information content (AvgIpc) is 2.97. The summed E-state index contributed by atoms with van der Waals surface area (Å²) in [6, 6.07) is 17.9. The average molecular weight is 575 g/mol. The van der Waals surface area contributed by atoms with Crippen molar-refractivity contribution in [1.82, 2.24) is 8.61 Å². The van der Waals surface area contributed by atoms with Crippen LogP contribution in [0, 0.1) is 0 Å². The number of nitrogens with zero attached hydrogens (tertiary/aromatic N) is 2. The van der Waals surface area contributed by atoms with E-state index in [2.05, 4.69) is 0 Å². The Morgan fingerprint density at radius 1 is 0.667 bits per heavy atom. The smallest absolute Gasteiger partial charge is 0.243 e. The summed E-state index contributed by atoms with van der Waals surface area (Å²) in [4.78, 5) is 0.0963. The summed E-state index contributed by atoms with van der Waals surface area (Å²) in [5, 5.41) is 0. The highest BCUT2D eigenvalue weighted by Gasteiger charge is 2.29. The molecule has 39 heavy (non-hydrogen) atoms. The van der Waals surface area contributed by atoms with Crippen LogP contribution in [-0.2, 0) is 33.1 Å². The van der Waals surface area contributed by atoms with Crippen LogP contribution in [-0.4, -0.2) is 59.9 Å². The zero-order chi connectivity index (χ0) is 28.0. The molecule has 4 rings (SSSR count). The predicted octanol–water partition coefficient (Wildman–Crippen LogP) is 4.28. The lowest BCUT2D eigenvalue weighted by molar-refractivity contribution is 0.346. The Balaban J connectivity index is 1.66. The minimum Gasteiger partial charge on any atom is -0.497 e. The van der Waals surface area contributed by atoms with Gasteiger partial charge in [0.2, 0.25) is 20.0 Å². The van der Waals surface area contributed by atoms with Crippen LogP contribution in [0.15, 0.2) is 76.5 Å². The van der Waals surface area contributed by atoms with E-state index in [1.165, 1.54) is 47.1 Å². The summed E-state index contributed by atoms with van der Waals surface area (Å²) in [7, 11) is -3.07. The molecule has 0 spiro atoms. The molecule has 0 aromatic heterocycles. The first kappa shape index (κ1) is 28.9. The fraction of sp³-hybridized carbons (Fsp3) is 0.357. The molecule has 0 bridgehead atoms. The molecule has 0 atom stereocenters. The van der Waals surface area contributed by atoms with Gasteiger partial charge in [0.1, 0.15) is 5.75 Å². The maximum atomic E-state index is 13.9. The zero-order valence-corrected chi connectivity index (χ0v) is 24.0. The summed E-state index contributed by atoms with van der Waals surface area (Å²) >= 11 is 0. The quantitative estimate of drug-likeness (QED) is 0.337. The van der Waals surface area contributed by atoms with Crippen LogP contribution in [0.25, 0.3) is 0 Å². The van der Waals surface area contributed by atoms with Crippen LogP contribution in [0.3, 0.4) is 0 Å². The van der Waals surface area contributed by atoms with E-state index < -0.39 is 20.0 Å².